The minimum Gasteiger partial charge on any atom is -0.373 e. The molecule has 0 saturated heterocycles. The highest BCUT2D eigenvalue weighted by Crippen LogP contribution is 2.09. The van der Waals surface area contributed by atoms with Crippen molar-refractivity contribution in [3.8, 4) is 0 Å². The summed E-state index contributed by atoms with van der Waals surface area (Å²) in [6, 6.07) is 10.1. The Balaban J connectivity index is 2.20. The lowest BCUT2D eigenvalue weighted by atomic mass is 10.3. The molecule has 0 aromatic heterocycles. The molecule has 0 spiro atoms. The Hall–Kier alpha value is -1.22. The summed E-state index contributed by atoms with van der Waals surface area (Å²) in [6.07, 6.45) is 1.25. The van der Waals surface area contributed by atoms with E-state index in [1.807, 2.05) is 25.2 Å². The van der Waals surface area contributed by atoms with Crippen LogP contribution in [-0.4, -0.2) is 31.9 Å². The van der Waals surface area contributed by atoms with Crippen LogP contribution in [-0.2, 0) is 4.79 Å². The summed E-state index contributed by atoms with van der Waals surface area (Å²) in [7, 11) is 2.01. The number of hydrogen-bond acceptors (Lipinski definition) is 2. The van der Waals surface area contributed by atoms with E-state index in [2.05, 4.69) is 22.3 Å². The van der Waals surface area contributed by atoms with E-state index in [9.17, 15) is 4.79 Å². The molecule has 17 heavy (non-hydrogen) atoms. The third-order valence-electron chi connectivity index (χ3n) is 2.50. The Kier molecular flexibility index (Phi) is 6.48. The van der Waals surface area contributed by atoms with E-state index in [1.165, 1.54) is 0 Å². The van der Waals surface area contributed by atoms with Crippen LogP contribution in [0.5, 0.6) is 0 Å². The maximum absolute atomic E-state index is 11.3. The number of likely N-dealkylation sites (N-methyl/N-ethyl adjacent to an activating group) is 1. The molecule has 1 amide bonds. The van der Waals surface area contributed by atoms with Crippen molar-refractivity contribution in [1.29, 1.82) is 0 Å². The first-order chi connectivity index (χ1) is 8.24. The summed E-state index contributed by atoms with van der Waals surface area (Å²) in [5, 5.41) is 2.88. The monoisotopic (exact) mass is 254 g/mol. The van der Waals surface area contributed by atoms with Gasteiger partial charge in [-0.2, -0.15) is 0 Å². The van der Waals surface area contributed by atoms with Crippen molar-refractivity contribution in [3.05, 3.63) is 30.3 Å². The van der Waals surface area contributed by atoms with Crippen molar-refractivity contribution in [1.82, 2.24) is 5.32 Å². The standard InChI is InChI=1S/C13H19ClN2O/c1-16(12-6-3-2-4-7-12)11-10-15-13(17)8-5-9-14/h2-4,6-7H,5,8-11H2,1H3,(H,15,17). The van der Waals surface area contributed by atoms with Gasteiger partial charge in [0.2, 0.25) is 5.91 Å². The number of halogens is 1. The topological polar surface area (TPSA) is 32.3 Å². The Morgan fingerprint density at radius 3 is 2.71 bits per heavy atom. The summed E-state index contributed by atoms with van der Waals surface area (Å²) in [5.41, 5.74) is 1.16. The van der Waals surface area contributed by atoms with Crippen LogP contribution >= 0.6 is 11.6 Å². The molecule has 3 nitrogen and oxygen atoms in total. The summed E-state index contributed by atoms with van der Waals surface area (Å²) in [4.78, 5) is 13.4. The Bertz CT molecular complexity index is 329. The molecule has 0 heterocycles. The maximum Gasteiger partial charge on any atom is 0.220 e. The van der Waals surface area contributed by atoms with Gasteiger partial charge < -0.3 is 10.2 Å². The van der Waals surface area contributed by atoms with Gasteiger partial charge in [0.05, 0.1) is 0 Å². The van der Waals surface area contributed by atoms with Crippen molar-refractivity contribution in [3.63, 3.8) is 0 Å². The van der Waals surface area contributed by atoms with Gasteiger partial charge in [-0.1, -0.05) is 18.2 Å². The molecule has 0 aliphatic carbocycles. The predicted octanol–water partition coefficient (Wildman–Crippen LogP) is 2.26. The maximum atomic E-state index is 11.3. The van der Waals surface area contributed by atoms with E-state index in [0.29, 0.717) is 18.8 Å². The normalized spacial score (nSPS) is 10.0. The molecule has 0 unspecified atom stereocenters. The van der Waals surface area contributed by atoms with Gasteiger partial charge in [0.1, 0.15) is 0 Å². The van der Waals surface area contributed by atoms with Gasteiger partial charge in [0, 0.05) is 38.1 Å². The smallest absolute Gasteiger partial charge is 0.220 e. The molecule has 0 aliphatic heterocycles. The Labute approximate surface area is 108 Å². The largest absolute Gasteiger partial charge is 0.373 e. The van der Waals surface area contributed by atoms with Gasteiger partial charge in [-0.25, -0.2) is 0 Å². The number of carbonyl (C=O) groups is 1. The molecule has 94 valence electrons. The zero-order valence-corrected chi connectivity index (χ0v) is 10.9. The van der Waals surface area contributed by atoms with Crippen molar-refractivity contribution in [2.75, 3.05) is 30.9 Å². The highest BCUT2D eigenvalue weighted by atomic mass is 35.5. The van der Waals surface area contributed by atoms with Crippen LogP contribution in [0.3, 0.4) is 0 Å². The van der Waals surface area contributed by atoms with Crippen LogP contribution in [0.4, 0.5) is 5.69 Å². The van der Waals surface area contributed by atoms with E-state index < -0.39 is 0 Å². The van der Waals surface area contributed by atoms with Crippen LogP contribution in [0.2, 0.25) is 0 Å². The van der Waals surface area contributed by atoms with Crippen molar-refractivity contribution in [2.24, 2.45) is 0 Å². The third-order valence-corrected chi connectivity index (χ3v) is 2.77. The molecule has 1 rings (SSSR count). The number of alkyl halides is 1. The second-order valence-electron chi connectivity index (χ2n) is 3.90. The molecule has 0 bridgehead atoms. The fourth-order valence-electron chi connectivity index (χ4n) is 1.49. The minimum absolute atomic E-state index is 0.0760. The average Bonchev–Trinajstić information content (AvgIpc) is 2.37. The number of carbonyl (C=O) groups excluding carboxylic acids is 1. The number of anilines is 1. The number of hydrogen-bond donors (Lipinski definition) is 1. The van der Waals surface area contributed by atoms with Gasteiger partial charge in [-0.05, 0) is 18.6 Å². The van der Waals surface area contributed by atoms with Gasteiger partial charge in [0.25, 0.3) is 0 Å². The Morgan fingerprint density at radius 1 is 1.35 bits per heavy atom. The lowest BCUT2D eigenvalue weighted by Crippen LogP contribution is -2.32. The lowest BCUT2D eigenvalue weighted by Gasteiger charge is -2.19. The van der Waals surface area contributed by atoms with Crippen molar-refractivity contribution in [2.45, 2.75) is 12.8 Å². The molecule has 1 N–H and O–H groups in total. The van der Waals surface area contributed by atoms with Crippen molar-refractivity contribution < 1.29 is 4.79 Å². The average molecular weight is 255 g/mol. The van der Waals surface area contributed by atoms with Crippen LogP contribution in [0.25, 0.3) is 0 Å². The molecule has 0 radical (unpaired) electrons. The molecule has 0 fully saturated rings. The van der Waals surface area contributed by atoms with Crippen LogP contribution < -0.4 is 10.2 Å². The van der Waals surface area contributed by atoms with Gasteiger partial charge in [-0.15, -0.1) is 11.6 Å². The zero-order chi connectivity index (χ0) is 12.5. The highest BCUT2D eigenvalue weighted by Gasteiger charge is 2.02. The van der Waals surface area contributed by atoms with Crippen LogP contribution in [0.15, 0.2) is 30.3 Å². The second-order valence-corrected chi connectivity index (χ2v) is 4.28. The van der Waals surface area contributed by atoms with E-state index in [4.69, 9.17) is 11.6 Å². The third kappa shape index (κ3) is 5.59. The molecule has 0 aliphatic rings. The van der Waals surface area contributed by atoms with Gasteiger partial charge in [0.15, 0.2) is 0 Å². The summed E-state index contributed by atoms with van der Waals surface area (Å²) >= 11 is 5.52. The molecule has 0 saturated carbocycles. The summed E-state index contributed by atoms with van der Waals surface area (Å²) in [5.74, 6) is 0.615. The summed E-state index contributed by atoms with van der Waals surface area (Å²) in [6.45, 7) is 1.46. The first-order valence-electron chi connectivity index (χ1n) is 5.83. The lowest BCUT2D eigenvalue weighted by molar-refractivity contribution is -0.121. The Morgan fingerprint density at radius 2 is 2.06 bits per heavy atom. The van der Waals surface area contributed by atoms with E-state index in [-0.39, 0.29) is 5.91 Å². The molecule has 1 aromatic rings. The molecular weight excluding hydrogens is 236 g/mol. The van der Waals surface area contributed by atoms with Gasteiger partial charge >= 0.3 is 0 Å². The zero-order valence-electron chi connectivity index (χ0n) is 10.2. The number of para-hydroxylation sites is 1. The fourth-order valence-corrected chi connectivity index (χ4v) is 1.62. The highest BCUT2D eigenvalue weighted by molar-refractivity contribution is 6.17. The van der Waals surface area contributed by atoms with E-state index in [1.54, 1.807) is 0 Å². The molecule has 4 heteroatoms. The quantitative estimate of drug-likeness (QED) is 0.757. The first-order valence-corrected chi connectivity index (χ1v) is 6.36. The van der Waals surface area contributed by atoms with E-state index >= 15 is 0 Å². The van der Waals surface area contributed by atoms with Crippen LogP contribution in [0.1, 0.15) is 12.8 Å². The number of amides is 1. The number of rotatable bonds is 7. The molecule has 1 aromatic carbocycles. The second kappa shape index (κ2) is 7.96. The van der Waals surface area contributed by atoms with Crippen LogP contribution in [0, 0.1) is 0 Å². The fraction of sp³-hybridized carbons (Fsp3) is 0.462. The predicted molar refractivity (Wildman–Crippen MR) is 72.7 cm³/mol. The first kappa shape index (κ1) is 13.8. The van der Waals surface area contributed by atoms with Crippen molar-refractivity contribution >= 4 is 23.2 Å². The number of nitrogens with one attached hydrogen (secondary N) is 1. The number of nitrogens with zero attached hydrogens (tertiary/aromatic N) is 1. The minimum atomic E-state index is 0.0760. The summed E-state index contributed by atoms with van der Waals surface area (Å²) < 4.78 is 0. The number of benzene rings is 1. The van der Waals surface area contributed by atoms with E-state index in [0.717, 1.165) is 18.7 Å². The molecular formula is C13H19ClN2O. The SMILES string of the molecule is CN(CCNC(=O)CCCCl)c1ccccc1. The molecule has 0 atom stereocenters. The van der Waals surface area contributed by atoms with Gasteiger partial charge in [-0.3, -0.25) is 4.79 Å².